The SMILES string of the molecule is COc1ccc(Br)cc1NS(=O)(=O)N(C)CCCN. The van der Waals surface area contributed by atoms with Gasteiger partial charge in [-0.1, -0.05) is 15.9 Å². The Morgan fingerprint density at radius 1 is 1.47 bits per heavy atom. The van der Waals surface area contributed by atoms with Crippen LogP contribution in [0, 0.1) is 0 Å². The fourth-order valence-corrected chi connectivity index (χ4v) is 2.73. The average Bonchev–Trinajstić information content (AvgIpc) is 2.35. The van der Waals surface area contributed by atoms with Gasteiger partial charge in [-0.2, -0.15) is 12.7 Å². The monoisotopic (exact) mass is 351 g/mol. The third kappa shape index (κ3) is 4.64. The van der Waals surface area contributed by atoms with Gasteiger partial charge in [0, 0.05) is 18.1 Å². The van der Waals surface area contributed by atoms with Crippen LogP contribution in [0.15, 0.2) is 22.7 Å². The second-order valence-electron chi connectivity index (χ2n) is 3.92. The number of nitrogens with one attached hydrogen (secondary N) is 1. The molecule has 0 heterocycles. The molecule has 1 aromatic carbocycles. The molecule has 0 aliphatic carbocycles. The van der Waals surface area contributed by atoms with Crippen LogP contribution in [0.1, 0.15) is 6.42 Å². The number of hydrogen-bond acceptors (Lipinski definition) is 4. The molecule has 6 nitrogen and oxygen atoms in total. The second-order valence-corrected chi connectivity index (χ2v) is 6.61. The van der Waals surface area contributed by atoms with Crippen molar-refractivity contribution in [3.05, 3.63) is 22.7 Å². The first-order chi connectivity index (χ1) is 8.90. The van der Waals surface area contributed by atoms with E-state index in [-0.39, 0.29) is 0 Å². The lowest BCUT2D eigenvalue weighted by molar-refractivity contribution is 0.416. The summed E-state index contributed by atoms with van der Waals surface area (Å²) in [6.07, 6.45) is 0.604. The maximum Gasteiger partial charge on any atom is 0.301 e. The Labute approximate surface area is 122 Å². The van der Waals surface area contributed by atoms with E-state index < -0.39 is 10.2 Å². The Morgan fingerprint density at radius 3 is 2.74 bits per heavy atom. The first-order valence-electron chi connectivity index (χ1n) is 5.68. The molecular weight excluding hydrogens is 334 g/mol. The highest BCUT2D eigenvalue weighted by atomic mass is 79.9. The minimum absolute atomic E-state index is 0.363. The fourth-order valence-electron chi connectivity index (χ4n) is 1.41. The zero-order valence-corrected chi connectivity index (χ0v) is 13.3. The Bertz CT molecular complexity index is 522. The Kier molecular flexibility index (Phi) is 6.05. The van der Waals surface area contributed by atoms with E-state index in [9.17, 15) is 8.42 Å². The van der Waals surface area contributed by atoms with Gasteiger partial charge in [0.05, 0.1) is 12.8 Å². The lowest BCUT2D eigenvalue weighted by atomic mass is 10.3. The molecule has 0 spiro atoms. The van der Waals surface area contributed by atoms with Crippen LogP contribution < -0.4 is 15.2 Å². The minimum atomic E-state index is -3.61. The number of methoxy groups -OCH3 is 1. The minimum Gasteiger partial charge on any atom is -0.495 e. The number of anilines is 1. The van der Waals surface area contributed by atoms with Gasteiger partial charge in [0.2, 0.25) is 0 Å². The van der Waals surface area contributed by atoms with Crippen LogP contribution in [0.2, 0.25) is 0 Å². The smallest absolute Gasteiger partial charge is 0.301 e. The van der Waals surface area contributed by atoms with Crippen LogP contribution in [-0.4, -0.2) is 40.0 Å². The standard InChI is InChI=1S/C11H18BrN3O3S/c1-15(7-3-6-13)19(16,17)14-10-8-9(12)4-5-11(10)18-2/h4-5,8,14H,3,6-7,13H2,1-2H3. The van der Waals surface area contributed by atoms with Gasteiger partial charge in [0.1, 0.15) is 5.75 Å². The zero-order valence-electron chi connectivity index (χ0n) is 10.9. The van der Waals surface area contributed by atoms with Crippen LogP contribution in [0.3, 0.4) is 0 Å². The van der Waals surface area contributed by atoms with E-state index in [1.807, 2.05) is 0 Å². The quantitative estimate of drug-likeness (QED) is 0.777. The van der Waals surface area contributed by atoms with E-state index >= 15 is 0 Å². The van der Waals surface area contributed by atoms with Gasteiger partial charge in [0.25, 0.3) is 0 Å². The molecule has 0 unspecified atom stereocenters. The molecule has 0 aromatic heterocycles. The molecule has 0 atom stereocenters. The zero-order chi connectivity index (χ0) is 14.5. The number of rotatable bonds is 7. The molecular formula is C11H18BrN3O3S. The van der Waals surface area contributed by atoms with Crippen molar-refractivity contribution >= 4 is 31.8 Å². The van der Waals surface area contributed by atoms with E-state index in [2.05, 4.69) is 20.7 Å². The van der Waals surface area contributed by atoms with Gasteiger partial charge in [-0.25, -0.2) is 0 Å². The molecule has 3 N–H and O–H groups in total. The number of benzene rings is 1. The topological polar surface area (TPSA) is 84.7 Å². The summed E-state index contributed by atoms with van der Waals surface area (Å²) in [6, 6.07) is 5.10. The van der Waals surface area contributed by atoms with Gasteiger partial charge < -0.3 is 10.5 Å². The molecule has 0 aliphatic rings. The largest absolute Gasteiger partial charge is 0.495 e. The number of ether oxygens (including phenoxy) is 1. The Balaban J connectivity index is 2.91. The number of nitrogens with zero attached hydrogens (tertiary/aromatic N) is 1. The molecule has 0 aliphatic heterocycles. The molecule has 8 heteroatoms. The van der Waals surface area contributed by atoms with Gasteiger partial charge in [-0.3, -0.25) is 4.72 Å². The molecule has 0 saturated carbocycles. The Hall–Kier alpha value is -0.830. The molecule has 108 valence electrons. The van der Waals surface area contributed by atoms with Crippen LogP contribution in [0.5, 0.6) is 5.75 Å². The summed E-state index contributed by atoms with van der Waals surface area (Å²) in [5.74, 6) is 0.457. The third-order valence-electron chi connectivity index (χ3n) is 2.49. The maximum absolute atomic E-state index is 12.1. The number of halogens is 1. The van der Waals surface area contributed by atoms with E-state index in [0.29, 0.717) is 30.9 Å². The van der Waals surface area contributed by atoms with E-state index in [4.69, 9.17) is 10.5 Å². The van der Waals surface area contributed by atoms with Crippen LogP contribution in [0.4, 0.5) is 5.69 Å². The highest BCUT2D eigenvalue weighted by Gasteiger charge is 2.19. The van der Waals surface area contributed by atoms with Crippen molar-refractivity contribution in [2.24, 2.45) is 5.73 Å². The maximum atomic E-state index is 12.1. The van der Waals surface area contributed by atoms with Gasteiger partial charge in [-0.05, 0) is 31.2 Å². The summed E-state index contributed by atoms with van der Waals surface area (Å²) in [5, 5.41) is 0. The van der Waals surface area contributed by atoms with Crippen LogP contribution >= 0.6 is 15.9 Å². The molecule has 1 rings (SSSR count). The number of nitrogens with two attached hydrogens (primary N) is 1. The van der Waals surface area contributed by atoms with Crippen molar-refractivity contribution in [2.45, 2.75) is 6.42 Å². The van der Waals surface area contributed by atoms with E-state index in [0.717, 1.165) is 4.47 Å². The number of hydrogen-bond donors (Lipinski definition) is 2. The normalized spacial score (nSPS) is 11.6. The lowest BCUT2D eigenvalue weighted by Gasteiger charge is -2.19. The molecule has 19 heavy (non-hydrogen) atoms. The van der Waals surface area contributed by atoms with E-state index in [1.54, 1.807) is 18.2 Å². The Morgan fingerprint density at radius 2 is 2.16 bits per heavy atom. The molecule has 1 aromatic rings. The van der Waals surface area contributed by atoms with Crippen molar-refractivity contribution in [1.82, 2.24) is 4.31 Å². The highest BCUT2D eigenvalue weighted by molar-refractivity contribution is 9.10. The average molecular weight is 352 g/mol. The molecule has 0 bridgehead atoms. The molecule has 0 radical (unpaired) electrons. The predicted octanol–water partition coefficient (Wildman–Crippen LogP) is 1.39. The van der Waals surface area contributed by atoms with Crippen LogP contribution in [0.25, 0.3) is 0 Å². The summed E-state index contributed by atoms with van der Waals surface area (Å²) < 4.78 is 33.8. The summed E-state index contributed by atoms with van der Waals surface area (Å²) in [5.41, 5.74) is 5.76. The third-order valence-corrected chi connectivity index (χ3v) is 4.46. The summed E-state index contributed by atoms with van der Waals surface area (Å²) in [6.45, 7) is 0.808. The molecule has 0 fully saturated rings. The summed E-state index contributed by atoms with van der Waals surface area (Å²) >= 11 is 3.29. The molecule has 0 amide bonds. The van der Waals surface area contributed by atoms with Crippen molar-refractivity contribution in [3.63, 3.8) is 0 Å². The van der Waals surface area contributed by atoms with Crippen LogP contribution in [-0.2, 0) is 10.2 Å². The van der Waals surface area contributed by atoms with Gasteiger partial charge in [-0.15, -0.1) is 0 Å². The highest BCUT2D eigenvalue weighted by Crippen LogP contribution is 2.29. The molecule has 0 saturated heterocycles. The van der Waals surface area contributed by atoms with Crippen molar-refractivity contribution in [2.75, 3.05) is 32.0 Å². The van der Waals surface area contributed by atoms with Crippen molar-refractivity contribution < 1.29 is 13.2 Å². The van der Waals surface area contributed by atoms with Crippen molar-refractivity contribution in [3.8, 4) is 5.75 Å². The predicted molar refractivity (Wildman–Crippen MR) is 79.5 cm³/mol. The summed E-state index contributed by atoms with van der Waals surface area (Å²) in [7, 11) is -0.620. The first-order valence-corrected chi connectivity index (χ1v) is 7.91. The lowest BCUT2D eigenvalue weighted by Crippen LogP contribution is -2.34. The fraction of sp³-hybridized carbons (Fsp3) is 0.455. The van der Waals surface area contributed by atoms with E-state index in [1.165, 1.54) is 18.5 Å². The first kappa shape index (κ1) is 16.2. The summed E-state index contributed by atoms with van der Waals surface area (Å²) in [4.78, 5) is 0. The second kappa shape index (κ2) is 7.09. The van der Waals surface area contributed by atoms with Gasteiger partial charge >= 0.3 is 10.2 Å². The van der Waals surface area contributed by atoms with Gasteiger partial charge in [0.15, 0.2) is 0 Å². The van der Waals surface area contributed by atoms with Crippen molar-refractivity contribution in [1.29, 1.82) is 0 Å².